The topological polar surface area (TPSA) is 44.5 Å². The quantitative estimate of drug-likeness (QED) is 0.774. The van der Waals surface area contributed by atoms with Crippen molar-refractivity contribution in [2.75, 3.05) is 12.3 Å². The number of hydrogen-bond acceptors (Lipinski definition) is 3. The standard InChI is InChI=1S/C15H14BrF2NO2/c1-2-5-20-14-8-15(12(19)7-11(14)18)21-13-4-3-9(16)6-10(13)17/h3-4,6-8H,2,5,19H2,1H3. The van der Waals surface area contributed by atoms with Crippen LogP contribution >= 0.6 is 15.9 Å². The molecule has 0 saturated heterocycles. The van der Waals surface area contributed by atoms with Gasteiger partial charge in [-0.2, -0.15) is 0 Å². The smallest absolute Gasteiger partial charge is 0.167 e. The average Bonchev–Trinajstić information content (AvgIpc) is 2.43. The summed E-state index contributed by atoms with van der Waals surface area (Å²) in [5.41, 5.74) is 5.76. The molecule has 0 bridgehead atoms. The first-order chi connectivity index (χ1) is 10.0. The van der Waals surface area contributed by atoms with Crippen molar-refractivity contribution in [3.63, 3.8) is 0 Å². The molecule has 0 fully saturated rings. The van der Waals surface area contributed by atoms with Gasteiger partial charge in [-0.05, 0) is 24.6 Å². The number of hydrogen-bond donors (Lipinski definition) is 1. The van der Waals surface area contributed by atoms with Crippen LogP contribution in [-0.2, 0) is 0 Å². The number of ether oxygens (including phenoxy) is 2. The predicted molar refractivity (Wildman–Crippen MR) is 80.8 cm³/mol. The van der Waals surface area contributed by atoms with Crippen molar-refractivity contribution in [1.82, 2.24) is 0 Å². The maximum atomic E-state index is 13.7. The van der Waals surface area contributed by atoms with Crippen molar-refractivity contribution >= 4 is 21.6 Å². The third kappa shape index (κ3) is 3.85. The minimum atomic E-state index is -0.579. The van der Waals surface area contributed by atoms with Gasteiger partial charge in [0.1, 0.15) is 0 Å². The second kappa shape index (κ2) is 6.76. The Hall–Kier alpha value is -1.82. The maximum absolute atomic E-state index is 13.7. The summed E-state index contributed by atoms with van der Waals surface area (Å²) < 4.78 is 38.7. The number of halogens is 3. The minimum Gasteiger partial charge on any atom is -0.490 e. The Balaban J connectivity index is 2.30. The molecule has 0 aliphatic rings. The molecule has 6 heteroatoms. The summed E-state index contributed by atoms with van der Waals surface area (Å²) >= 11 is 3.16. The first-order valence-corrected chi connectivity index (χ1v) is 7.15. The van der Waals surface area contributed by atoms with Gasteiger partial charge in [0.25, 0.3) is 0 Å². The molecule has 2 aromatic rings. The van der Waals surface area contributed by atoms with Crippen molar-refractivity contribution in [2.24, 2.45) is 0 Å². The van der Waals surface area contributed by atoms with E-state index in [0.717, 1.165) is 12.5 Å². The van der Waals surface area contributed by atoms with Crippen LogP contribution in [0.3, 0.4) is 0 Å². The lowest BCUT2D eigenvalue weighted by Crippen LogP contribution is -2.01. The summed E-state index contributed by atoms with van der Waals surface area (Å²) in [6.07, 6.45) is 0.737. The zero-order valence-corrected chi connectivity index (χ0v) is 12.9. The average molecular weight is 358 g/mol. The fraction of sp³-hybridized carbons (Fsp3) is 0.200. The molecule has 2 rings (SSSR count). The molecule has 0 aromatic heterocycles. The second-order valence-corrected chi connectivity index (χ2v) is 5.26. The number of anilines is 1. The Morgan fingerprint density at radius 2 is 1.76 bits per heavy atom. The van der Waals surface area contributed by atoms with Gasteiger partial charge in [-0.1, -0.05) is 22.9 Å². The van der Waals surface area contributed by atoms with E-state index in [-0.39, 0.29) is 22.9 Å². The van der Waals surface area contributed by atoms with Crippen LogP contribution in [0.2, 0.25) is 0 Å². The predicted octanol–water partition coefficient (Wildman–Crippen LogP) is 4.89. The highest BCUT2D eigenvalue weighted by Crippen LogP contribution is 2.35. The summed E-state index contributed by atoms with van der Waals surface area (Å²) in [4.78, 5) is 0. The van der Waals surface area contributed by atoms with E-state index in [1.807, 2.05) is 6.92 Å². The van der Waals surface area contributed by atoms with E-state index in [1.54, 1.807) is 6.07 Å². The van der Waals surface area contributed by atoms with Gasteiger partial charge in [0.05, 0.1) is 12.3 Å². The molecule has 2 aromatic carbocycles. The largest absolute Gasteiger partial charge is 0.490 e. The molecule has 21 heavy (non-hydrogen) atoms. The van der Waals surface area contributed by atoms with Gasteiger partial charge in [-0.3, -0.25) is 0 Å². The van der Waals surface area contributed by atoms with Gasteiger partial charge in [0.2, 0.25) is 0 Å². The van der Waals surface area contributed by atoms with Crippen molar-refractivity contribution in [3.8, 4) is 17.2 Å². The second-order valence-electron chi connectivity index (χ2n) is 4.35. The summed E-state index contributed by atoms with van der Waals surface area (Å²) in [6.45, 7) is 2.27. The Kier molecular flexibility index (Phi) is 5.01. The van der Waals surface area contributed by atoms with Crippen LogP contribution in [0, 0.1) is 11.6 Å². The molecule has 0 atom stereocenters. The van der Waals surface area contributed by atoms with Crippen LogP contribution in [0.5, 0.6) is 17.2 Å². The Morgan fingerprint density at radius 1 is 1.05 bits per heavy atom. The number of rotatable bonds is 5. The van der Waals surface area contributed by atoms with E-state index < -0.39 is 11.6 Å². The minimum absolute atomic E-state index is 0.00190. The lowest BCUT2D eigenvalue weighted by atomic mass is 10.2. The van der Waals surface area contributed by atoms with Gasteiger partial charge in [0, 0.05) is 16.6 Å². The van der Waals surface area contributed by atoms with Gasteiger partial charge in [-0.25, -0.2) is 8.78 Å². The molecular formula is C15H14BrF2NO2. The molecule has 0 unspecified atom stereocenters. The molecule has 0 amide bonds. The first-order valence-electron chi connectivity index (χ1n) is 6.36. The zero-order valence-electron chi connectivity index (χ0n) is 11.3. The van der Waals surface area contributed by atoms with Crippen LogP contribution in [0.4, 0.5) is 14.5 Å². The van der Waals surface area contributed by atoms with E-state index in [9.17, 15) is 8.78 Å². The van der Waals surface area contributed by atoms with E-state index >= 15 is 0 Å². The van der Waals surface area contributed by atoms with Crippen LogP contribution in [0.1, 0.15) is 13.3 Å². The first kappa shape index (κ1) is 15.6. The van der Waals surface area contributed by atoms with Crippen LogP contribution in [0.15, 0.2) is 34.8 Å². The molecule has 112 valence electrons. The fourth-order valence-corrected chi connectivity index (χ4v) is 1.97. The third-order valence-corrected chi connectivity index (χ3v) is 3.13. The SMILES string of the molecule is CCCOc1cc(Oc2ccc(Br)cc2F)c(N)cc1F. The third-order valence-electron chi connectivity index (χ3n) is 2.64. The van der Waals surface area contributed by atoms with Gasteiger partial charge in [-0.15, -0.1) is 0 Å². The van der Waals surface area contributed by atoms with Gasteiger partial charge in [0.15, 0.2) is 28.9 Å². The highest BCUT2D eigenvalue weighted by Gasteiger charge is 2.13. The lowest BCUT2D eigenvalue weighted by molar-refractivity contribution is 0.299. The molecule has 3 nitrogen and oxygen atoms in total. The monoisotopic (exact) mass is 357 g/mol. The number of benzene rings is 2. The highest BCUT2D eigenvalue weighted by atomic mass is 79.9. The van der Waals surface area contributed by atoms with E-state index in [4.69, 9.17) is 15.2 Å². The summed E-state index contributed by atoms with van der Waals surface area (Å²) in [7, 11) is 0. The van der Waals surface area contributed by atoms with Crippen molar-refractivity contribution in [1.29, 1.82) is 0 Å². The molecule has 2 N–H and O–H groups in total. The normalized spacial score (nSPS) is 10.5. The number of nitrogen functional groups attached to an aromatic ring is 1. The highest BCUT2D eigenvalue weighted by molar-refractivity contribution is 9.10. The van der Waals surface area contributed by atoms with Crippen molar-refractivity contribution in [3.05, 3.63) is 46.4 Å². The van der Waals surface area contributed by atoms with Crippen LogP contribution < -0.4 is 15.2 Å². The van der Waals surface area contributed by atoms with Crippen molar-refractivity contribution < 1.29 is 18.3 Å². The maximum Gasteiger partial charge on any atom is 0.167 e. The summed E-state index contributed by atoms with van der Waals surface area (Å²) in [5, 5.41) is 0. The molecule has 0 saturated carbocycles. The zero-order chi connectivity index (χ0) is 15.4. The van der Waals surface area contributed by atoms with Gasteiger partial charge >= 0.3 is 0 Å². The Morgan fingerprint density at radius 3 is 2.43 bits per heavy atom. The van der Waals surface area contributed by atoms with E-state index in [2.05, 4.69) is 15.9 Å². The van der Waals surface area contributed by atoms with Crippen LogP contribution in [0.25, 0.3) is 0 Å². The molecule has 0 aliphatic carbocycles. The molecule has 0 spiro atoms. The Labute approximate surface area is 129 Å². The fourth-order valence-electron chi connectivity index (χ4n) is 1.64. The number of nitrogens with two attached hydrogens (primary N) is 1. The molecule has 0 radical (unpaired) electrons. The van der Waals surface area contributed by atoms with E-state index in [1.165, 1.54) is 18.2 Å². The van der Waals surface area contributed by atoms with E-state index in [0.29, 0.717) is 11.1 Å². The lowest BCUT2D eigenvalue weighted by Gasteiger charge is -2.12. The molecule has 0 heterocycles. The summed E-state index contributed by atoms with van der Waals surface area (Å²) in [5.74, 6) is -0.964. The van der Waals surface area contributed by atoms with Crippen LogP contribution in [-0.4, -0.2) is 6.61 Å². The molecular weight excluding hydrogens is 344 g/mol. The van der Waals surface area contributed by atoms with Gasteiger partial charge < -0.3 is 15.2 Å². The summed E-state index contributed by atoms with van der Waals surface area (Å²) in [6, 6.07) is 6.77. The van der Waals surface area contributed by atoms with Crippen molar-refractivity contribution in [2.45, 2.75) is 13.3 Å². The molecule has 0 aliphatic heterocycles. The Bertz CT molecular complexity index is 650.